The van der Waals surface area contributed by atoms with Crippen LogP contribution in [0.5, 0.6) is 0 Å². The molecule has 0 saturated heterocycles. The van der Waals surface area contributed by atoms with Gasteiger partial charge in [-0.25, -0.2) is 0 Å². The first kappa shape index (κ1) is 12.2. The maximum Gasteiger partial charge on any atom is 0.0264 e. The van der Waals surface area contributed by atoms with Gasteiger partial charge in [0.15, 0.2) is 0 Å². The van der Waals surface area contributed by atoms with E-state index in [-0.39, 0.29) is 5.41 Å². The SMILES string of the molecule is CCCC(CCC)C1(C)C=CC=CN=C1. The molecule has 0 aromatic carbocycles. The van der Waals surface area contributed by atoms with Gasteiger partial charge < -0.3 is 0 Å². The summed E-state index contributed by atoms with van der Waals surface area (Å²) in [6, 6.07) is 0. The lowest BCUT2D eigenvalue weighted by Gasteiger charge is -2.31. The molecule has 1 atom stereocenters. The van der Waals surface area contributed by atoms with Crippen molar-refractivity contribution in [3.8, 4) is 0 Å². The second-order valence-corrected chi connectivity index (χ2v) is 4.62. The van der Waals surface area contributed by atoms with Gasteiger partial charge >= 0.3 is 0 Å². The van der Waals surface area contributed by atoms with Crippen molar-refractivity contribution in [1.29, 1.82) is 0 Å². The molecule has 1 heterocycles. The third kappa shape index (κ3) is 3.33. The van der Waals surface area contributed by atoms with Crippen molar-refractivity contribution < 1.29 is 0 Å². The van der Waals surface area contributed by atoms with Crippen LogP contribution in [-0.2, 0) is 0 Å². The third-order valence-electron chi connectivity index (χ3n) is 3.25. The predicted octanol–water partition coefficient (Wildman–Crippen LogP) is 4.36. The molecule has 1 heteroatoms. The smallest absolute Gasteiger partial charge is 0.0264 e. The molecule has 0 radical (unpaired) electrons. The van der Waals surface area contributed by atoms with Crippen LogP contribution in [-0.4, -0.2) is 6.21 Å². The second kappa shape index (κ2) is 5.89. The van der Waals surface area contributed by atoms with E-state index in [4.69, 9.17) is 0 Å². The average Bonchev–Trinajstić information content (AvgIpc) is 2.44. The Morgan fingerprint density at radius 1 is 1.13 bits per heavy atom. The summed E-state index contributed by atoms with van der Waals surface area (Å²) in [5.41, 5.74) is 0.148. The molecular weight excluding hydrogens is 182 g/mol. The number of aliphatic imine (C=N–C) groups is 1. The van der Waals surface area contributed by atoms with Gasteiger partial charge in [0.2, 0.25) is 0 Å². The normalized spacial score (nSPS) is 24.8. The standard InChI is InChI=1S/C14H23N/c1-4-8-13(9-5-2)14(3)10-6-7-11-15-12-14/h6-7,10-13H,4-5,8-9H2,1-3H3. The molecule has 0 saturated carbocycles. The molecule has 1 rings (SSSR count). The number of allylic oxidation sites excluding steroid dienone is 3. The zero-order valence-electron chi connectivity index (χ0n) is 10.2. The van der Waals surface area contributed by atoms with E-state index in [0.29, 0.717) is 0 Å². The lowest BCUT2D eigenvalue weighted by molar-refractivity contribution is 0.307. The molecule has 1 unspecified atom stereocenters. The van der Waals surface area contributed by atoms with Gasteiger partial charge in [-0.1, -0.05) is 45.8 Å². The van der Waals surface area contributed by atoms with Crippen molar-refractivity contribution in [3.05, 3.63) is 24.4 Å². The monoisotopic (exact) mass is 205 g/mol. The maximum atomic E-state index is 4.34. The maximum absolute atomic E-state index is 4.34. The minimum Gasteiger partial charge on any atom is -0.268 e. The Hall–Kier alpha value is -0.850. The Balaban J connectivity index is 2.79. The van der Waals surface area contributed by atoms with E-state index in [1.165, 1.54) is 25.7 Å². The number of hydrogen-bond acceptors (Lipinski definition) is 1. The van der Waals surface area contributed by atoms with Crippen molar-refractivity contribution in [1.82, 2.24) is 0 Å². The minimum absolute atomic E-state index is 0.148. The fraction of sp³-hybridized carbons (Fsp3) is 0.643. The van der Waals surface area contributed by atoms with Gasteiger partial charge in [0.25, 0.3) is 0 Å². The summed E-state index contributed by atoms with van der Waals surface area (Å²) in [6.45, 7) is 6.83. The average molecular weight is 205 g/mol. The zero-order chi connectivity index (χ0) is 11.1. The lowest BCUT2D eigenvalue weighted by Crippen LogP contribution is -2.26. The number of nitrogens with zero attached hydrogens (tertiary/aromatic N) is 1. The first-order valence-corrected chi connectivity index (χ1v) is 6.11. The summed E-state index contributed by atoms with van der Waals surface area (Å²) in [5, 5.41) is 0. The highest BCUT2D eigenvalue weighted by Crippen LogP contribution is 2.35. The summed E-state index contributed by atoms with van der Waals surface area (Å²) < 4.78 is 0. The van der Waals surface area contributed by atoms with E-state index in [9.17, 15) is 0 Å². The Morgan fingerprint density at radius 2 is 1.80 bits per heavy atom. The van der Waals surface area contributed by atoms with Gasteiger partial charge in [0.05, 0.1) is 0 Å². The van der Waals surface area contributed by atoms with Gasteiger partial charge in [0, 0.05) is 17.8 Å². The topological polar surface area (TPSA) is 12.4 Å². The van der Waals surface area contributed by atoms with Crippen LogP contribution in [0.2, 0.25) is 0 Å². The van der Waals surface area contributed by atoms with E-state index >= 15 is 0 Å². The molecule has 0 aromatic heterocycles. The third-order valence-corrected chi connectivity index (χ3v) is 3.25. The molecule has 0 N–H and O–H groups in total. The van der Waals surface area contributed by atoms with Crippen LogP contribution in [0.25, 0.3) is 0 Å². The Labute approximate surface area is 94.0 Å². The summed E-state index contributed by atoms with van der Waals surface area (Å²) in [4.78, 5) is 4.34. The zero-order valence-corrected chi connectivity index (χ0v) is 10.2. The van der Waals surface area contributed by atoms with Crippen molar-refractivity contribution in [2.24, 2.45) is 16.3 Å². The van der Waals surface area contributed by atoms with E-state index in [1.807, 2.05) is 12.3 Å². The highest BCUT2D eigenvalue weighted by molar-refractivity contribution is 5.70. The number of rotatable bonds is 5. The Kier molecular flexibility index (Phi) is 4.80. The van der Waals surface area contributed by atoms with Crippen LogP contribution in [0.15, 0.2) is 29.4 Å². The summed E-state index contributed by atoms with van der Waals surface area (Å²) in [5.74, 6) is 0.729. The van der Waals surface area contributed by atoms with Gasteiger partial charge in [-0.2, -0.15) is 0 Å². The van der Waals surface area contributed by atoms with E-state index < -0.39 is 0 Å². The molecule has 0 fully saturated rings. The Bertz CT molecular complexity index is 239. The molecular formula is C14H23N. The first-order chi connectivity index (χ1) is 7.23. The molecule has 0 bridgehead atoms. The van der Waals surface area contributed by atoms with E-state index in [1.54, 1.807) is 0 Å². The van der Waals surface area contributed by atoms with Gasteiger partial charge in [0.1, 0.15) is 0 Å². The fourth-order valence-electron chi connectivity index (χ4n) is 2.31. The van der Waals surface area contributed by atoms with Crippen molar-refractivity contribution in [2.45, 2.75) is 46.5 Å². The van der Waals surface area contributed by atoms with Crippen LogP contribution >= 0.6 is 0 Å². The highest BCUT2D eigenvalue weighted by Gasteiger charge is 2.28. The van der Waals surface area contributed by atoms with Crippen LogP contribution in [0.3, 0.4) is 0 Å². The van der Waals surface area contributed by atoms with Crippen LogP contribution in [0, 0.1) is 11.3 Å². The number of hydrogen-bond donors (Lipinski definition) is 0. The van der Waals surface area contributed by atoms with Crippen LogP contribution in [0.1, 0.15) is 46.5 Å². The van der Waals surface area contributed by atoms with Crippen molar-refractivity contribution in [2.75, 3.05) is 0 Å². The summed E-state index contributed by atoms with van der Waals surface area (Å²) in [6.07, 6.45) is 15.5. The molecule has 0 aliphatic carbocycles. The fourth-order valence-corrected chi connectivity index (χ4v) is 2.31. The van der Waals surface area contributed by atoms with E-state index in [0.717, 1.165) is 5.92 Å². The quantitative estimate of drug-likeness (QED) is 0.632. The highest BCUT2D eigenvalue weighted by atomic mass is 14.7. The van der Waals surface area contributed by atoms with Gasteiger partial charge in [-0.3, -0.25) is 4.99 Å². The first-order valence-electron chi connectivity index (χ1n) is 6.11. The second-order valence-electron chi connectivity index (χ2n) is 4.62. The molecule has 0 aromatic rings. The molecule has 84 valence electrons. The molecule has 1 nitrogen and oxygen atoms in total. The largest absolute Gasteiger partial charge is 0.268 e. The predicted molar refractivity (Wildman–Crippen MR) is 68.2 cm³/mol. The lowest BCUT2D eigenvalue weighted by atomic mass is 9.73. The van der Waals surface area contributed by atoms with E-state index in [2.05, 4.69) is 44.1 Å². The minimum atomic E-state index is 0.148. The van der Waals surface area contributed by atoms with Crippen molar-refractivity contribution in [3.63, 3.8) is 0 Å². The molecule has 1 aliphatic rings. The molecule has 1 aliphatic heterocycles. The van der Waals surface area contributed by atoms with Crippen molar-refractivity contribution >= 4 is 6.21 Å². The van der Waals surface area contributed by atoms with Gasteiger partial charge in [-0.15, -0.1) is 0 Å². The van der Waals surface area contributed by atoms with Gasteiger partial charge in [-0.05, 0) is 24.8 Å². The molecule has 0 spiro atoms. The summed E-state index contributed by atoms with van der Waals surface area (Å²) in [7, 11) is 0. The van der Waals surface area contributed by atoms with Crippen LogP contribution in [0.4, 0.5) is 0 Å². The molecule has 15 heavy (non-hydrogen) atoms. The molecule has 0 amide bonds. The van der Waals surface area contributed by atoms with Crippen LogP contribution < -0.4 is 0 Å². The Morgan fingerprint density at radius 3 is 2.40 bits per heavy atom. The summed E-state index contributed by atoms with van der Waals surface area (Å²) >= 11 is 0.